The van der Waals surface area contributed by atoms with E-state index < -0.39 is 29.4 Å². The summed E-state index contributed by atoms with van der Waals surface area (Å²) in [4.78, 5) is 14.9. The second-order valence-electron chi connectivity index (χ2n) is 4.63. The van der Waals surface area contributed by atoms with Crippen molar-refractivity contribution in [1.29, 1.82) is 0 Å². The number of aromatic nitrogens is 1. The number of hydrogen-bond acceptors (Lipinski definition) is 5. The van der Waals surface area contributed by atoms with Crippen molar-refractivity contribution < 1.29 is 17.7 Å². The zero-order valence-electron chi connectivity index (χ0n) is 10.7. The van der Waals surface area contributed by atoms with Crippen molar-refractivity contribution in [3.8, 4) is 0 Å². The molecule has 0 saturated carbocycles. The third kappa shape index (κ3) is 5.03. The molecule has 1 aromatic rings. The number of nitrogens with two attached hydrogens (primary N) is 1. The summed E-state index contributed by atoms with van der Waals surface area (Å²) >= 11 is -4.29. The molecule has 0 amide bonds. The summed E-state index contributed by atoms with van der Waals surface area (Å²) in [5, 5.41) is 8.83. The molecule has 1 unspecified atom stereocenters. The third-order valence-electron chi connectivity index (χ3n) is 2.48. The number of hydrogen-bond donors (Lipinski definition) is 3. The van der Waals surface area contributed by atoms with Gasteiger partial charge < -0.3 is 0 Å². The van der Waals surface area contributed by atoms with Gasteiger partial charge in [-0.15, -0.1) is 0 Å². The van der Waals surface area contributed by atoms with Crippen LogP contribution in [0.3, 0.4) is 0 Å². The zero-order valence-corrected chi connectivity index (χ0v) is 13.4. The molecule has 106 valence electrons. The van der Waals surface area contributed by atoms with Gasteiger partial charge in [0.15, 0.2) is 0 Å². The molecule has 1 heterocycles. The molecule has 0 aliphatic rings. The van der Waals surface area contributed by atoms with Crippen LogP contribution in [0, 0.1) is 0 Å². The predicted molar refractivity (Wildman–Crippen MR) is 73.9 cm³/mol. The van der Waals surface area contributed by atoms with Gasteiger partial charge in [-0.05, 0) is 0 Å². The first-order chi connectivity index (χ1) is 8.64. The standard InChI is InChI=1S/C11H17AsN2O4S/c1-11(2,9(13)10(15)16)19-12(17,18)7-8-5-3-4-6-14-8/h3-6,9H,7,13H2,1-2H3,(H,15,16)(H,17,18)/t9-/m1/s1. The van der Waals surface area contributed by atoms with E-state index in [0.29, 0.717) is 5.69 Å². The van der Waals surface area contributed by atoms with Crippen molar-refractivity contribution >= 4 is 28.7 Å². The molecule has 6 nitrogen and oxygen atoms in total. The molecule has 0 fully saturated rings. The first kappa shape index (κ1) is 16.3. The number of carbonyl (C=O) groups is 1. The first-order valence-electron chi connectivity index (χ1n) is 5.55. The Morgan fingerprint density at radius 2 is 2.21 bits per heavy atom. The average molecular weight is 348 g/mol. The van der Waals surface area contributed by atoms with E-state index in [-0.39, 0.29) is 5.21 Å². The predicted octanol–water partition coefficient (Wildman–Crippen LogP) is 0.449. The van der Waals surface area contributed by atoms with E-state index in [1.165, 1.54) is 0 Å². The second kappa shape index (κ2) is 6.13. The molecule has 0 aliphatic carbocycles. The summed E-state index contributed by atoms with van der Waals surface area (Å²) < 4.78 is 21.2. The molecular weight excluding hydrogens is 331 g/mol. The van der Waals surface area contributed by atoms with Crippen molar-refractivity contribution in [3.05, 3.63) is 30.1 Å². The van der Waals surface area contributed by atoms with Gasteiger partial charge in [-0.25, -0.2) is 0 Å². The zero-order chi connectivity index (χ0) is 14.7. The quantitative estimate of drug-likeness (QED) is 0.640. The third-order valence-corrected chi connectivity index (χ3v) is 10.4. The molecule has 0 spiro atoms. The van der Waals surface area contributed by atoms with Gasteiger partial charge in [0.05, 0.1) is 0 Å². The van der Waals surface area contributed by atoms with Crippen LogP contribution in [0.25, 0.3) is 0 Å². The fourth-order valence-corrected chi connectivity index (χ4v) is 10.2. The van der Waals surface area contributed by atoms with E-state index in [1.807, 2.05) is 0 Å². The maximum absolute atomic E-state index is 12.2. The Morgan fingerprint density at radius 1 is 1.58 bits per heavy atom. The van der Waals surface area contributed by atoms with Gasteiger partial charge >= 0.3 is 117 Å². The van der Waals surface area contributed by atoms with Crippen molar-refractivity contribution in [2.75, 3.05) is 0 Å². The molecule has 2 atom stereocenters. The van der Waals surface area contributed by atoms with Crippen molar-refractivity contribution in [2.45, 2.75) is 29.8 Å². The van der Waals surface area contributed by atoms with E-state index in [1.54, 1.807) is 38.2 Å². The summed E-state index contributed by atoms with van der Waals surface area (Å²) in [6.45, 7) is 3.11. The molecule has 0 radical (unpaired) electrons. The van der Waals surface area contributed by atoms with Gasteiger partial charge in [-0.1, -0.05) is 0 Å². The van der Waals surface area contributed by atoms with Gasteiger partial charge in [-0.2, -0.15) is 0 Å². The molecule has 19 heavy (non-hydrogen) atoms. The molecule has 0 aromatic carbocycles. The van der Waals surface area contributed by atoms with E-state index >= 15 is 0 Å². The van der Waals surface area contributed by atoms with Crippen LogP contribution in [-0.4, -0.2) is 43.6 Å². The Hall–Kier alpha value is -0.752. The summed E-state index contributed by atoms with van der Waals surface area (Å²) in [6, 6.07) is 3.91. The number of nitrogens with zero attached hydrogens (tertiary/aromatic N) is 1. The van der Waals surface area contributed by atoms with E-state index in [9.17, 15) is 12.6 Å². The van der Waals surface area contributed by atoms with Crippen LogP contribution in [0.1, 0.15) is 19.5 Å². The molecule has 0 saturated heterocycles. The van der Waals surface area contributed by atoms with Gasteiger partial charge in [0, 0.05) is 0 Å². The van der Waals surface area contributed by atoms with Gasteiger partial charge in [0.2, 0.25) is 0 Å². The van der Waals surface area contributed by atoms with Crippen LogP contribution in [-0.2, 0) is 13.7 Å². The topological polar surface area (TPSA) is 114 Å². The Labute approximate surface area is 117 Å². The minimum absolute atomic E-state index is 0.0560. The monoisotopic (exact) mass is 348 g/mol. The minimum atomic E-state index is -4.29. The van der Waals surface area contributed by atoms with Crippen LogP contribution in [0.15, 0.2) is 24.4 Å². The summed E-state index contributed by atoms with van der Waals surface area (Å²) in [7, 11) is 0.761. The van der Waals surface area contributed by atoms with Gasteiger partial charge in [0.1, 0.15) is 0 Å². The van der Waals surface area contributed by atoms with E-state index in [4.69, 9.17) is 10.8 Å². The fraction of sp³-hybridized carbons (Fsp3) is 0.455. The van der Waals surface area contributed by atoms with Crippen LogP contribution >= 0.6 is 10.0 Å². The average Bonchev–Trinajstić information content (AvgIpc) is 2.26. The number of rotatable bonds is 6. The van der Waals surface area contributed by atoms with E-state index in [0.717, 1.165) is 10.0 Å². The van der Waals surface area contributed by atoms with Crippen LogP contribution in [0.4, 0.5) is 0 Å². The Balaban J connectivity index is 2.79. The Bertz CT molecular complexity index is 495. The summed E-state index contributed by atoms with van der Waals surface area (Å²) in [5.41, 5.74) is 6.05. The summed E-state index contributed by atoms with van der Waals surface area (Å²) in [6.07, 6.45) is 1.55. The number of carboxylic acid groups (broad SMARTS) is 1. The van der Waals surface area contributed by atoms with E-state index in [2.05, 4.69) is 4.98 Å². The number of aliphatic carboxylic acids is 1. The number of pyridine rings is 1. The SMILES string of the molecule is CC(C)(S[As](=O)(O)Cc1ccccn1)[C@H](N)C(=O)O. The second-order valence-corrected chi connectivity index (χ2v) is 13.3. The van der Waals surface area contributed by atoms with Gasteiger partial charge in [-0.3, -0.25) is 0 Å². The molecule has 0 aliphatic heterocycles. The van der Waals surface area contributed by atoms with Crippen molar-refractivity contribution in [2.24, 2.45) is 5.73 Å². The normalized spacial score (nSPS) is 16.6. The molecule has 1 rings (SSSR count). The van der Waals surface area contributed by atoms with Crippen LogP contribution in [0.5, 0.6) is 0 Å². The molecule has 4 N–H and O–H groups in total. The molecular formula is C11H17AsN2O4S. The van der Waals surface area contributed by atoms with Crippen molar-refractivity contribution in [1.82, 2.24) is 4.98 Å². The number of carboxylic acids is 1. The molecule has 8 heteroatoms. The van der Waals surface area contributed by atoms with Gasteiger partial charge in [0.25, 0.3) is 0 Å². The first-order valence-corrected chi connectivity index (χ1v) is 11.6. The summed E-state index contributed by atoms with van der Waals surface area (Å²) in [5.74, 6) is -1.19. The molecule has 1 aromatic heterocycles. The Morgan fingerprint density at radius 3 is 2.68 bits per heavy atom. The van der Waals surface area contributed by atoms with Crippen LogP contribution in [0.2, 0.25) is 0 Å². The maximum atomic E-state index is 12.2. The van der Waals surface area contributed by atoms with Crippen molar-refractivity contribution in [3.63, 3.8) is 0 Å². The fourth-order valence-electron chi connectivity index (χ4n) is 1.45. The van der Waals surface area contributed by atoms with Crippen LogP contribution < -0.4 is 5.73 Å². The molecule has 0 bridgehead atoms. The Kier molecular flexibility index (Phi) is 5.26.